The molecule has 94 valence electrons. The summed E-state index contributed by atoms with van der Waals surface area (Å²) in [4.78, 5) is 2.49. The minimum Gasteiger partial charge on any atom is -0.313 e. The molecule has 2 saturated heterocycles. The molecule has 2 fully saturated rings. The zero-order valence-corrected chi connectivity index (χ0v) is 11.0. The molecule has 0 saturated carbocycles. The number of hydrogen-bond donors (Lipinski definition) is 1. The first-order valence-electron chi connectivity index (χ1n) is 6.09. The van der Waals surface area contributed by atoms with Crippen molar-refractivity contribution in [3.63, 3.8) is 0 Å². The Morgan fingerprint density at radius 1 is 1.25 bits per heavy atom. The molecule has 2 aliphatic rings. The SMILES string of the molecule is CN1C2CCC1CC(NCCS(C)(=O)=O)C2. The highest BCUT2D eigenvalue weighted by molar-refractivity contribution is 7.90. The monoisotopic (exact) mass is 246 g/mol. The number of rotatable bonds is 4. The molecule has 4 nitrogen and oxygen atoms in total. The maximum absolute atomic E-state index is 11.0. The third-order valence-corrected chi connectivity index (χ3v) is 4.95. The molecule has 1 N–H and O–H groups in total. The Morgan fingerprint density at radius 3 is 2.31 bits per heavy atom. The van der Waals surface area contributed by atoms with Gasteiger partial charge in [0.05, 0.1) is 5.75 Å². The maximum atomic E-state index is 11.0. The molecular formula is C11H22N2O2S. The van der Waals surface area contributed by atoms with Crippen LogP contribution in [0.2, 0.25) is 0 Å². The van der Waals surface area contributed by atoms with Crippen molar-refractivity contribution in [2.75, 3.05) is 25.6 Å². The molecule has 0 aromatic carbocycles. The molecule has 2 atom stereocenters. The van der Waals surface area contributed by atoms with Gasteiger partial charge in [-0.1, -0.05) is 0 Å². The average Bonchev–Trinajstić information content (AvgIpc) is 2.41. The Morgan fingerprint density at radius 2 is 1.81 bits per heavy atom. The van der Waals surface area contributed by atoms with Crippen LogP contribution in [0.4, 0.5) is 0 Å². The van der Waals surface area contributed by atoms with Crippen LogP contribution in [0.1, 0.15) is 25.7 Å². The van der Waals surface area contributed by atoms with E-state index in [4.69, 9.17) is 0 Å². The second kappa shape index (κ2) is 4.63. The highest BCUT2D eigenvalue weighted by Gasteiger charge is 2.37. The van der Waals surface area contributed by atoms with E-state index >= 15 is 0 Å². The van der Waals surface area contributed by atoms with E-state index in [2.05, 4.69) is 17.3 Å². The van der Waals surface area contributed by atoms with Gasteiger partial charge < -0.3 is 10.2 Å². The number of fused-ring (bicyclic) bond motifs is 2. The van der Waals surface area contributed by atoms with Gasteiger partial charge in [0, 0.05) is 30.9 Å². The lowest BCUT2D eigenvalue weighted by Crippen LogP contribution is -2.47. The summed E-state index contributed by atoms with van der Waals surface area (Å²) in [5, 5.41) is 3.39. The maximum Gasteiger partial charge on any atom is 0.148 e. The standard InChI is InChI=1S/C11H22N2O2S/c1-13-10-3-4-11(13)8-9(7-10)12-5-6-16(2,14)15/h9-12H,3-8H2,1-2H3. The fourth-order valence-corrected chi connectivity index (χ4v) is 3.52. The second-order valence-electron chi connectivity index (χ2n) is 5.30. The van der Waals surface area contributed by atoms with E-state index in [-0.39, 0.29) is 5.75 Å². The van der Waals surface area contributed by atoms with Crippen molar-refractivity contribution in [3.8, 4) is 0 Å². The molecule has 16 heavy (non-hydrogen) atoms. The summed E-state index contributed by atoms with van der Waals surface area (Å²) in [6, 6.07) is 1.96. The first kappa shape index (κ1) is 12.3. The molecule has 5 heteroatoms. The van der Waals surface area contributed by atoms with Gasteiger partial charge in [-0.25, -0.2) is 8.42 Å². The van der Waals surface area contributed by atoms with Crippen LogP contribution in [0.15, 0.2) is 0 Å². The number of sulfone groups is 1. The smallest absolute Gasteiger partial charge is 0.148 e. The summed E-state index contributed by atoms with van der Waals surface area (Å²) in [7, 11) is -0.603. The molecule has 2 unspecified atom stereocenters. The fraction of sp³-hybridized carbons (Fsp3) is 1.00. The van der Waals surface area contributed by atoms with Gasteiger partial charge in [0.25, 0.3) is 0 Å². The minimum absolute atomic E-state index is 0.259. The van der Waals surface area contributed by atoms with Crippen molar-refractivity contribution < 1.29 is 8.42 Å². The van der Waals surface area contributed by atoms with Crippen LogP contribution in [0, 0.1) is 0 Å². The van der Waals surface area contributed by atoms with Gasteiger partial charge in [-0.3, -0.25) is 0 Å². The molecule has 2 heterocycles. The number of piperidine rings is 1. The second-order valence-corrected chi connectivity index (χ2v) is 7.56. The van der Waals surface area contributed by atoms with Crippen molar-refractivity contribution in [2.24, 2.45) is 0 Å². The predicted molar refractivity (Wildman–Crippen MR) is 65.3 cm³/mol. The van der Waals surface area contributed by atoms with Crippen LogP contribution < -0.4 is 5.32 Å². The van der Waals surface area contributed by atoms with Gasteiger partial charge in [-0.15, -0.1) is 0 Å². The van der Waals surface area contributed by atoms with Crippen LogP contribution >= 0.6 is 0 Å². The molecule has 0 aliphatic carbocycles. The molecular weight excluding hydrogens is 224 g/mol. The molecule has 0 spiro atoms. The van der Waals surface area contributed by atoms with Gasteiger partial charge in [-0.05, 0) is 32.7 Å². The van der Waals surface area contributed by atoms with E-state index in [1.807, 2.05) is 0 Å². The van der Waals surface area contributed by atoms with Gasteiger partial charge >= 0.3 is 0 Å². The Kier molecular flexibility index (Phi) is 3.56. The van der Waals surface area contributed by atoms with Crippen LogP contribution in [-0.2, 0) is 9.84 Å². The Labute approximate surface area is 98.3 Å². The normalized spacial score (nSPS) is 35.5. The molecule has 0 aromatic rings. The lowest BCUT2D eigenvalue weighted by atomic mass is 9.98. The zero-order valence-electron chi connectivity index (χ0n) is 10.1. The number of nitrogens with zero attached hydrogens (tertiary/aromatic N) is 1. The van der Waals surface area contributed by atoms with Crippen LogP contribution in [0.3, 0.4) is 0 Å². The van der Waals surface area contributed by atoms with Gasteiger partial charge in [-0.2, -0.15) is 0 Å². The largest absolute Gasteiger partial charge is 0.313 e. The lowest BCUT2D eigenvalue weighted by Gasteiger charge is -2.36. The van der Waals surface area contributed by atoms with E-state index in [1.165, 1.54) is 31.9 Å². The van der Waals surface area contributed by atoms with Crippen molar-refractivity contribution in [1.29, 1.82) is 0 Å². The van der Waals surface area contributed by atoms with Crippen LogP contribution in [0.5, 0.6) is 0 Å². The molecule has 0 amide bonds. The molecule has 2 aliphatic heterocycles. The number of hydrogen-bond acceptors (Lipinski definition) is 4. The van der Waals surface area contributed by atoms with E-state index in [0.29, 0.717) is 12.6 Å². The Bertz CT molecular complexity index is 328. The average molecular weight is 246 g/mol. The topological polar surface area (TPSA) is 49.4 Å². The van der Waals surface area contributed by atoms with Crippen molar-refractivity contribution in [3.05, 3.63) is 0 Å². The quantitative estimate of drug-likeness (QED) is 0.772. The summed E-state index contributed by atoms with van der Waals surface area (Å²) < 4.78 is 22.0. The summed E-state index contributed by atoms with van der Waals surface area (Å²) in [6.07, 6.45) is 6.28. The van der Waals surface area contributed by atoms with E-state index in [0.717, 1.165) is 12.1 Å². The summed E-state index contributed by atoms with van der Waals surface area (Å²) in [5.41, 5.74) is 0. The lowest BCUT2D eigenvalue weighted by molar-refractivity contribution is 0.150. The highest BCUT2D eigenvalue weighted by atomic mass is 32.2. The highest BCUT2D eigenvalue weighted by Crippen LogP contribution is 2.33. The third kappa shape index (κ3) is 2.96. The van der Waals surface area contributed by atoms with Crippen molar-refractivity contribution >= 4 is 9.84 Å². The van der Waals surface area contributed by atoms with Crippen molar-refractivity contribution in [1.82, 2.24) is 10.2 Å². The van der Waals surface area contributed by atoms with E-state index in [9.17, 15) is 8.42 Å². The predicted octanol–water partition coefficient (Wildman–Crippen LogP) is 0.246. The van der Waals surface area contributed by atoms with Gasteiger partial charge in [0.1, 0.15) is 9.84 Å². The Hall–Kier alpha value is -0.130. The molecule has 2 rings (SSSR count). The summed E-state index contributed by atoms with van der Waals surface area (Å²) in [5.74, 6) is 0.259. The fourth-order valence-electron chi connectivity index (χ4n) is 3.03. The van der Waals surface area contributed by atoms with E-state index < -0.39 is 9.84 Å². The Balaban J connectivity index is 1.77. The van der Waals surface area contributed by atoms with Crippen molar-refractivity contribution in [2.45, 2.75) is 43.8 Å². The first-order chi connectivity index (χ1) is 7.46. The molecule has 0 radical (unpaired) electrons. The molecule has 0 aromatic heterocycles. The third-order valence-electron chi connectivity index (χ3n) is 4.00. The van der Waals surface area contributed by atoms with E-state index in [1.54, 1.807) is 0 Å². The molecule has 2 bridgehead atoms. The first-order valence-corrected chi connectivity index (χ1v) is 8.15. The number of nitrogens with one attached hydrogen (secondary N) is 1. The zero-order chi connectivity index (χ0) is 11.8. The van der Waals surface area contributed by atoms with Crippen LogP contribution in [0.25, 0.3) is 0 Å². The van der Waals surface area contributed by atoms with Gasteiger partial charge in [0.2, 0.25) is 0 Å². The van der Waals surface area contributed by atoms with Crippen LogP contribution in [-0.4, -0.2) is 57.0 Å². The summed E-state index contributed by atoms with van der Waals surface area (Å²) in [6.45, 7) is 0.604. The van der Waals surface area contributed by atoms with Gasteiger partial charge in [0.15, 0.2) is 0 Å². The summed E-state index contributed by atoms with van der Waals surface area (Å²) >= 11 is 0. The minimum atomic E-state index is -2.82.